The molecule has 0 spiro atoms. The van der Waals surface area contributed by atoms with Crippen LogP contribution in [0.3, 0.4) is 0 Å². The van der Waals surface area contributed by atoms with Crippen LogP contribution in [0.1, 0.15) is 29.2 Å². The predicted molar refractivity (Wildman–Crippen MR) is 176 cm³/mol. The van der Waals surface area contributed by atoms with Gasteiger partial charge >= 0.3 is 0 Å². The van der Waals surface area contributed by atoms with Crippen molar-refractivity contribution >= 4 is 55.7 Å². The minimum Gasteiger partial charge on any atom is -0.456 e. The molecule has 2 nitrogen and oxygen atoms in total. The van der Waals surface area contributed by atoms with E-state index in [2.05, 4.69) is 151 Å². The fourth-order valence-corrected chi connectivity index (χ4v) is 7.06. The first-order chi connectivity index (χ1) is 20.8. The third-order valence-corrected chi connectivity index (χ3v) is 8.95. The molecule has 1 aliphatic carbocycles. The van der Waals surface area contributed by atoms with Crippen LogP contribution in [0.15, 0.2) is 144 Å². The molecule has 0 saturated heterocycles. The molecule has 42 heavy (non-hydrogen) atoms. The summed E-state index contributed by atoms with van der Waals surface area (Å²) in [6.45, 7) is 0. The van der Waals surface area contributed by atoms with E-state index >= 15 is 0 Å². The third kappa shape index (κ3) is 3.45. The highest BCUT2D eigenvalue weighted by atomic mass is 16.3. The summed E-state index contributed by atoms with van der Waals surface area (Å²) in [5.41, 5.74) is 9.51. The van der Waals surface area contributed by atoms with Gasteiger partial charge in [-0.15, -0.1) is 0 Å². The number of anilines is 3. The van der Waals surface area contributed by atoms with Crippen LogP contribution >= 0.6 is 0 Å². The summed E-state index contributed by atoms with van der Waals surface area (Å²) in [6, 6.07) is 44.2. The van der Waals surface area contributed by atoms with E-state index in [4.69, 9.17) is 4.42 Å². The fraction of sp³-hybridized carbons (Fsp3) is 0.0500. The molecular weight excluding hydrogens is 510 g/mol. The lowest BCUT2D eigenvalue weighted by Crippen LogP contribution is -2.12. The van der Waals surface area contributed by atoms with Gasteiger partial charge in [0.15, 0.2) is 0 Å². The highest BCUT2D eigenvalue weighted by Gasteiger charge is 2.33. The van der Waals surface area contributed by atoms with Crippen LogP contribution in [0.5, 0.6) is 0 Å². The van der Waals surface area contributed by atoms with Crippen molar-refractivity contribution in [1.29, 1.82) is 0 Å². The standard InChI is InChI=1S/C40H27NO/c1-3-10-26(11-4-1)28-20-23-35-34(25-28)33-14-5-2-6-16-37-39(33)40-36(15-9-17-38(40)42-37)41(35)30-21-22-32-29(24-30)19-18-27-12-7-8-13-31(27)32/h1-13,15-25,33H,14H2. The largest absolute Gasteiger partial charge is 0.456 e. The molecule has 0 amide bonds. The van der Waals surface area contributed by atoms with E-state index in [0.717, 1.165) is 29.1 Å². The highest BCUT2D eigenvalue weighted by molar-refractivity contribution is 6.10. The predicted octanol–water partition coefficient (Wildman–Crippen LogP) is 11.3. The van der Waals surface area contributed by atoms with Gasteiger partial charge in [-0.1, -0.05) is 103 Å². The average molecular weight is 538 g/mol. The molecule has 0 radical (unpaired) electrons. The molecule has 0 N–H and O–H groups in total. The van der Waals surface area contributed by atoms with Crippen molar-refractivity contribution in [3.63, 3.8) is 0 Å². The van der Waals surface area contributed by atoms with E-state index in [1.54, 1.807) is 0 Å². The molecule has 2 heteroatoms. The zero-order chi connectivity index (χ0) is 27.6. The van der Waals surface area contributed by atoms with Crippen molar-refractivity contribution in [2.45, 2.75) is 12.3 Å². The molecule has 1 unspecified atom stereocenters. The zero-order valence-corrected chi connectivity index (χ0v) is 23.0. The van der Waals surface area contributed by atoms with Gasteiger partial charge in [0.1, 0.15) is 11.3 Å². The van der Waals surface area contributed by atoms with Crippen LogP contribution in [0, 0.1) is 0 Å². The number of rotatable bonds is 2. The number of benzene rings is 6. The number of hydrogen-bond donors (Lipinski definition) is 0. The quantitative estimate of drug-likeness (QED) is 0.204. The summed E-state index contributed by atoms with van der Waals surface area (Å²) in [4.78, 5) is 2.45. The van der Waals surface area contributed by atoms with Crippen molar-refractivity contribution in [1.82, 2.24) is 0 Å². The molecule has 6 aromatic carbocycles. The van der Waals surface area contributed by atoms with Crippen LogP contribution in [0.2, 0.25) is 0 Å². The zero-order valence-electron chi connectivity index (χ0n) is 23.0. The van der Waals surface area contributed by atoms with Crippen molar-refractivity contribution < 1.29 is 4.42 Å². The Morgan fingerprint density at radius 2 is 1.48 bits per heavy atom. The lowest BCUT2D eigenvalue weighted by atomic mass is 9.84. The molecule has 7 aromatic rings. The molecule has 2 aliphatic rings. The van der Waals surface area contributed by atoms with Crippen LogP contribution < -0.4 is 4.90 Å². The van der Waals surface area contributed by atoms with Gasteiger partial charge < -0.3 is 9.32 Å². The number of allylic oxidation sites excluding steroid dienone is 3. The van der Waals surface area contributed by atoms with Crippen LogP contribution in [-0.4, -0.2) is 0 Å². The minimum absolute atomic E-state index is 0.164. The van der Waals surface area contributed by atoms with Crippen LogP contribution in [-0.2, 0) is 0 Å². The maximum absolute atomic E-state index is 6.56. The summed E-state index contributed by atoms with van der Waals surface area (Å²) < 4.78 is 6.56. The maximum atomic E-state index is 6.56. The number of nitrogens with zero attached hydrogens (tertiary/aromatic N) is 1. The van der Waals surface area contributed by atoms with Crippen molar-refractivity contribution in [3.8, 4) is 11.1 Å². The third-order valence-electron chi connectivity index (χ3n) is 8.95. The first kappa shape index (κ1) is 23.4. The fourth-order valence-electron chi connectivity index (χ4n) is 7.06. The monoisotopic (exact) mass is 537 g/mol. The van der Waals surface area contributed by atoms with Crippen molar-refractivity contribution in [2.75, 3.05) is 4.90 Å². The SMILES string of the molecule is C1=CCC2c3cc(-c4ccccc4)ccc3N(c3ccc4c(ccc5ccccc54)c3)c3cccc4oc(c2c34)C=C1. The number of hydrogen-bond acceptors (Lipinski definition) is 2. The Morgan fingerprint density at radius 1 is 0.619 bits per heavy atom. The lowest BCUT2D eigenvalue weighted by Gasteiger charge is -2.28. The summed E-state index contributed by atoms with van der Waals surface area (Å²) in [5.74, 6) is 1.12. The molecule has 0 bridgehead atoms. The lowest BCUT2D eigenvalue weighted by molar-refractivity contribution is 0.593. The second-order valence-electron chi connectivity index (χ2n) is 11.3. The van der Waals surface area contributed by atoms with Gasteiger partial charge in [-0.05, 0) is 87.1 Å². The summed E-state index contributed by atoms with van der Waals surface area (Å²) in [7, 11) is 0. The number of furan rings is 1. The first-order valence-corrected chi connectivity index (χ1v) is 14.6. The van der Waals surface area contributed by atoms with Crippen molar-refractivity contribution in [2.24, 2.45) is 0 Å². The van der Waals surface area contributed by atoms with Gasteiger partial charge in [0.2, 0.25) is 0 Å². The smallest absolute Gasteiger partial charge is 0.137 e. The summed E-state index contributed by atoms with van der Waals surface area (Å²) in [5, 5.41) is 6.26. The van der Waals surface area contributed by atoms with Gasteiger partial charge in [-0.25, -0.2) is 0 Å². The first-order valence-electron chi connectivity index (χ1n) is 14.6. The second-order valence-corrected chi connectivity index (χ2v) is 11.3. The Morgan fingerprint density at radius 3 is 2.43 bits per heavy atom. The Bertz CT molecular complexity index is 2230. The van der Waals surface area contributed by atoms with Crippen molar-refractivity contribution in [3.05, 3.63) is 156 Å². The molecule has 198 valence electrons. The number of fused-ring (bicyclic) bond motifs is 5. The molecular formula is C40H27NO. The van der Waals surface area contributed by atoms with E-state index in [0.29, 0.717) is 0 Å². The van der Waals surface area contributed by atoms with E-state index in [1.807, 2.05) is 0 Å². The van der Waals surface area contributed by atoms with E-state index in [-0.39, 0.29) is 5.92 Å². The Kier molecular flexibility index (Phi) is 5.06. The molecule has 1 atom stereocenters. The maximum Gasteiger partial charge on any atom is 0.137 e. The van der Waals surface area contributed by atoms with Gasteiger partial charge in [-0.3, -0.25) is 0 Å². The average Bonchev–Trinajstić information content (AvgIpc) is 3.34. The normalized spacial score (nSPS) is 15.5. The van der Waals surface area contributed by atoms with Gasteiger partial charge in [0.25, 0.3) is 0 Å². The van der Waals surface area contributed by atoms with E-state index < -0.39 is 0 Å². The van der Waals surface area contributed by atoms with E-state index in [9.17, 15) is 0 Å². The topological polar surface area (TPSA) is 16.4 Å². The Balaban J connectivity index is 1.36. The highest BCUT2D eigenvalue weighted by Crippen LogP contribution is 2.53. The second kappa shape index (κ2) is 9.09. The van der Waals surface area contributed by atoms with E-state index in [1.165, 1.54) is 54.9 Å². The minimum atomic E-state index is 0.164. The Labute approximate surface area is 244 Å². The van der Waals surface area contributed by atoms with Gasteiger partial charge in [0, 0.05) is 22.6 Å². The molecule has 0 fully saturated rings. The van der Waals surface area contributed by atoms with Crippen LogP contribution in [0.4, 0.5) is 17.1 Å². The van der Waals surface area contributed by atoms with Gasteiger partial charge in [-0.2, -0.15) is 0 Å². The molecule has 9 rings (SSSR count). The molecule has 1 aliphatic heterocycles. The molecule has 1 aromatic heterocycles. The molecule has 2 heterocycles. The summed E-state index contributed by atoms with van der Waals surface area (Å²) >= 11 is 0. The molecule has 0 saturated carbocycles. The Hall–Kier alpha value is -5.34. The van der Waals surface area contributed by atoms with Gasteiger partial charge in [0.05, 0.1) is 11.4 Å². The van der Waals surface area contributed by atoms with Crippen LogP contribution in [0.25, 0.3) is 49.7 Å². The summed E-state index contributed by atoms with van der Waals surface area (Å²) in [6.07, 6.45) is 9.57.